The Labute approximate surface area is 228 Å². The Morgan fingerprint density at radius 3 is 2.21 bits per heavy atom. The molecule has 0 bridgehead atoms. The first-order valence-electron chi connectivity index (χ1n) is 12.7. The van der Waals surface area contributed by atoms with Gasteiger partial charge in [-0.15, -0.1) is 0 Å². The molecule has 1 atom stereocenters. The second kappa shape index (κ2) is 13.8. The molecule has 0 aliphatic heterocycles. The van der Waals surface area contributed by atoms with Gasteiger partial charge in [-0.3, -0.25) is 13.9 Å². The van der Waals surface area contributed by atoms with E-state index in [1.54, 1.807) is 0 Å². The number of halogens is 2. The van der Waals surface area contributed by atoms with Crippen LogP contribution in [0.25, 0.3) is 0 Å². The topological polar surface area (TPSA) is 86.8 Å². The number of anilines is 1. The number of nitrogens with zero attached hydrogens (tertiary/aromatic N) is 2. The van der Waals surface area contributed by atoms with Crippen LogP contribution in [0.5, 0.6) is 0 Å². The lowest BCUT2D eigenvalue weighted by Gasteiger charge is -2.33. The van der Waals surface area contributed by atoms with Gasteiger partial charge in [-0.05, 0) is 47.9 Å². The molecule has 0 fully saturated rings. The fourth-order valence-corrected chi connectivity index (χ4v) is 4.93. The zero-order valence-corrected chi connectivity index (χ0v) is 22.8. The number of benzene rings is 3. The summed E-state index contributed by atoms with van der Waals surface area (Å²) in [6.07, 6.45) is 2.70. The largest absolute Gasteiger partial charge is 0.354 e. The van der Waals surface area contributed by atoms with Gasteiger partial charge < -0.3 is 10.2 Å². The number of hydrogen-bond acceptors (Lipinski definition) is 4. The normalized spacial score (nSPS) is 12.0. The van der Waals surface area contributed by atoms with Crippen LogP contribution in [-0.4, -0.2) is 50.5 Å². The van der Waals surface area contributed by atoms with Crippen LogP contribution in [0.3, 0.4) is 0 Å². The van der Waals surface area contributed by atoms with E-state index in [4.69, 9.17) is 0 Å². The second-order valence-electron chi connectivity index (χ2n) is 9.25. The van der Waals surface area contributed by atoms with Crippen LogP contribution in [0, 0.1) is 11.6 Å². The molecule has 2 amide bonds. The molecule has 3 aromatic rings. The van der Waals surface area contributed by atoms with Gasteiger partial charge in [-0.1, -0.05) is 61.9 Å². The van der Waals surface area contributed by atoms with E-state index in [9.17, 15) is 26.8 Å². The van der Waals surface area contributed by atoms with Crippen molar-refractivity contribution in [2.45, 2.75) is 38.8 Å². The highest BCUT2D eigenvalue weighted by atomic mass is 32.2. The average molecular weight is 558 g/mol. The first-order chi connectivity index (χ1) is 18.6. The molecule has 1 N–H and O–H groups in total. The van der Waals surface area contributed by atoms with E-state index in [2.05, 4.69) is 5.32 Å². The molecular weight excluding hydrogens is 524 g/mol. The quantitative estimate of drug-likeness (QED) is 0.318. The molecular formula is C29H33F2N3O4S. The number of rotatable bonds is 13. The van der Waals surface area contributed by atoms with E-state index in [1.807, 2.05) is 37.3 Å². The van der Waals surface area contributed by atoms with Crippen LogP contribution in [-0.2, 0) is 32.6 Å². The van der Waals surface area contributed by atoms with Gasteiger partial charge in [0.05, 0.1) is 11.9 Å². The zero-order valence-electron chi connectivity index (χ0n) is 22.0. The first kappa shape index (κ1) is 29.8. The highest BCUT2D eigenvalue weighted by molar-refractivity contribution is 7.92. The standard InChI is InChI=1S/C29H33F2N3O4S/c1-3-4-17-32-29(36)27(18-22-9-6-5-7-10-22)33(20-23-13-15-24(30)16-14-23)28(35)21-34(39(2,37)38)26-12-8-11-25(31)19-26/h5-16,19,27H,3-4,17-18,20-21H2,1-2H3,(H,32,36). The van der Waals surface area contributed by atoms with E-state index in [-0.39, 0.29) is 24.6 Å². The lowest BCUT2D eigenvalue weighted by atomic mass is 10.0. The summed E-state index contributed by atoms with van der Waals surface area (Å²) in [5.74, 6) is -2.17. The minimum Gasteiger partial charge on any atom is -0.354 e. The number of nitrogens with one attached hydrogen (secondary N) is 1. The SMILES string of the molecule is CCCCNC(=O)C(Cc1ccccc1)N(Cc1ccc(F)cc1)C(=O)CN(c1cccc(F)c1)S(C)(=O)=O. The van der Waals surface area contributed by atoms with E-state index >= 15 is 0 Å². The van der Waals surface area contributed by atoms with Crippen LogP contribution in [0.1, 0.15) is 30.9 Å². The maximum Gasteiger partial charge on any atom is 0.244 e. The summed E-state index contributed by atoms with van der Waals surface area (Å²) >= 11 is 0. The van der Waals surface area contributed by atoms with Gasteiger partial charge in [0, 0.05) is 19.5 Å². The molecule has 3 aromatic carbocycles. The van der Waals surface area contributed by atoms with Gasteiger partial charge in [-0.25, -0.2) is 17.2 Å². The van der Waals surface area contributed by atoms with Gasteiger partial charge in [0.2, 0.25) is 21.8 Å². The third-order valence-corrected chi connectivity index (χ3v) is 7.28. The molecule has 0 aromatic heterocycles. The van der Waals surface area contributed by atoms with E-state index in [0.29, 0.717) is 12.1 Å². The third kappa shape index (κ3) is 8.88. The predicted molar refractivity (Wildman–Crippen MR) is 147 cm³/mol. The van der Waals surface area contributed by atoms with Crippen LogP contribution in [0.15, 0.2) is 78.9 Å². The van der Waals surface area contributed by atoms with Crippen molar-refractivity contribution in [3.63, 3.8) is 0 Å². The molecule has 39 heavy (non-hydrogen) atoms. The molecule has 3 rings (SSSR count). The van der Waals surface area contributed by atoms with Crippen molar-refractivity contribution in [2.75, 3.05) is 23.7 Å². The fraction of sp³-hybridized carbons (Fsp3) is 0.310. The van der Waals surface area contributed by atoms with Crippen LogP contribution < -0.4 is 9.62 Å². The predicted octanol–water partition coefficient (Wildman–Crippen LogP) is 4.29. The van der Waals surface area contributed by atoms with Crippen LogP contribution >= 0.6 is 0 Å². The highest BCUT2D eigenvalue weighted by Crippen LogP contribution is 2.21. The lowest BCUT2D eigenvalue weighted by molar-refractivity contribution is -0.140. The number of carbonyl (C=O) groups excluding carboxylic acids is 2. The Balaban J connectivity index is 2.02. The lowest BCUT2D eigenvalue weighted by Crippen LogP contribution is -2.53. The summed E-state index contributed by atoms with van der Waals surface area (Å²) in [7, 11) is -4.00. The highest BCUT2D eigenvalue weighted by Gasteiger charge is 2.33. The summed E-state index contributed by atoms with van der Waals surface area (Å²) in [5.41, 5.74) is 1.34. The van der Waals surface area contributed by atoms with Gasteiger partial charge in [-0.2, -0.15) is 0 Å². The van der Waals surface area contributed by atoms with Crippen molar-refractivity contribution in [1.82, 2.24) is 10.2 Å². The summed E-state index contributed by atoms with van der Waals surface area (Å²) in [6, 6.07) is 18.6. The van der Waals surface area contributed by atoms with E-state index < -0.39 is 40.2 Å². The maximum absolute atomic E-state index is 14.0. The number of unbranched alkanes of at least 4 members (excludes halogenated alkanes) is 1. The second-order valence-corrected chi connectivity index (χ2v) is 11.2. The van der Waals surface area contributed by atoms with Crippen molar-refractivity contribution in [3.05, 3.63) is 102 Å². The molecule has 0 aliphatic carbocycles. The molecule has 208 valence electrons. The Kier molecular flexibility index (Phi) is 10.6. The smallest absolute Gasteiger partial charge is 0.244 e. The molecule has 0 heterocycles. The molecule has 0 saturated carbocycles. The van der Waals surface area contributed by atoms with Gasteiger partial charge in [0.1, 0.15) is 24.2 Å². The molecule has 1 unspecified atom stereocenters. The van der Waals surface area contributed by atoms with Crippen molar-refractivity contribution < 1.29 is 26.8 Å². The Morgan fingerprint density at radius 2 is 1.59 bits per heavy atom. The summed E-state index contributed by atoms with van der Waals surface area (Å²) < 4.78 is 53.7. The van der Waals surface area contributed by atoms with Crippen molar-refractivity contribution >= 4 is 27.5 Å². The average Bonchev–Trinajstić information content (AvgIpc) is 2.90. The minimum atomic E-state index is -4.00. The zero-order chi connectivity index (χ0) is 28.4. The van der Waals surface area contributed by atoms with Gasteiger partial charge in [0.15, 0.2) is 0 Å². The Hall–Kier alpha value is -3.79. The minimum absolute atomic E-state index is 0.0143. The summed E-state index contributed by atoms with van der Waals surface area (Å²) in [6.45, 7) is 1.68. The molecule has 0 aliphatic rings. The van der Waals surface area contributed by atoms with Crippen molar-refractivity contribution in [2.24, 2.45) is 0 Å². The van der Waals surface area contributed by atoms with E-state index in [0.717, 1.165) is 35.0 Å². The molecule has 0 spiro atoms. The summed E-state index contributed by atoms with van der Waals surface area (Å²) in [4.78, 5) is 28.6. The molecule has 0 saturated heterocycles. The Morgan fingerprint density at radius 1 is 0.897 bits per heavy atom. The van der Waals surface area contributed by atoms with Crippen molar-refractivity contribution in [3.8, 4) is 0 Å². The fourth-order valence-electron chi connectivity index (χ4n) is 4.09. The monoisotopic (exact) mass is 557 g/mol. The first-order valence-corrected chi connectivity index (χ1v) is 14.5. The van der Waals surface area contributed by atoms with Gasteiger partial charge in [0.25, 0.3) is 0 Å². The maximum atomic E-state index is 14.0. The molecule has 10 heteroatoms. The summed E-state index contributed by atoms with van der Waals surface area (Å²) in [5, 5.41) is 2.88. The molecule has 7 nitrogen and oxygen atoms in total. The Bertz CT molecular complexity index is 1350. The number of carbonyl (C=O) groups is 2. The molecule has 0 radical (unpaired) electrons. The van der Waals surface area contributed by atoms with Crippen LogP contribution in [0.4, 0.5) is 14.5 Å². The number of amides is 2. The van der Waals surface area contributed by atoms with Crippen LogP contribution in [0.2, 0.25) is 0 Å². The number of hydrogen-bond donors (Lipinski definition) is 1. The van der Waals surface area contributed by atoms with E-state index in [1.165, 1.54) is 47.4 Å². The number of sulfonamides is 1. The third-order valence-electron chi connectivity index (χ3n) is 6.14. The van der Waals surface area contributed by atoms with Gasteiger partial charge >= 0.3 is 0 Å². The van der Waals surface area contributed by atoms with Crippen molar-refractivity contribution in [1.29, 1.82) is 0 Å².